The maximum atomic E-state index is 14.2. The molecule has 0 aliphatic carbocycles. The van der Waals surface area contributed by atoms with Gasteiger partial charge in [-0.05, 0) is 88.1 Å². The Bertz CT molecular complexity index is 1830. The zero-order valence-electron chi connectivity index (χ0n) is 38.2. The lowest BCUT2D eigenvalue weighted by Crippen LogP contribution is -2.60. The molecule has 0 aromatic heterocycles. The Morgan fingerprint density at radius 2 is 1.07 bits per heavy atom. The van der Waals surface area contributed by atoms with Crippen molar-refractivity contribution in [3.63, 3.8) is 0 Å². The molecular weight excluding hydrogens is 879 g/mol. The van der Waals surface area contributed by atoms with Crippen molar-refractivity contribution in [2.24, 2.45) is 45.3 Å². The van der Waals surface area contributed by atoms with E-state index < -0.39 is 114 Å². The van der Waals surface area contributed by atoms with Gasteiger partial charge in [-0.15, -0.1) is 0 Å². The molecule has 0 aliphatic heterocycles. The Kier molecular flexibility index (Phi) is 27.3. The predicted molar refractivity (Wildman–Crippen MR) is 245 cm³/mol. The van der Waals surface area contributed by atoms with Crippen LogP contribution in [0.4, 0.5) is 0 Å². The van der Waals surface area contributed by atoms with Gasteiger partial charge in [0.25, 0.3) is 0 Å². The standard InChI is InChI=1S/C42H71N13O12/c1-3-23(2)34(41(66)67)55-40(65)31(22-33(58)59)54-39(64)30(21-24-12-14-25(56)15-13-24)53-37(62)27(10-5-7-19-44)51-38(63)29(16-17-32(46)57)52-36(61)28(11-8-20-49-42(47)48)50-35(60)26(45)9-4-6-18-43/h12-15,23,26-31,34,56H,3-11,16-22,43-45H2,1-2H3,(H2,46,57)(H,50,60)(H,51,63)(H,52,61)(H,53,62)(H,54,64)(H,55,65)(H,58,59)(H,66,67)(H4,47,48,49). The molecular formula is C42H71N13O12. The Balaban J connectivity index is 3.58. The van der Waals surface area contributed by atoms with E-state index in [1.807, 2.05) is 0 Å². The van der Waals surface area contributed by atoms with E-state index in [-0.39, 0.29) is 69.7 Å². The number of phenols is 1. The van der Waals surface area contributed by atoms with Crippen LogP contribution in [0.25, 0.3) is 0 Å². The van der Waals surface area contributed by atoms with E-state index in [1.54, 1.807) is 13.8 Å². The molecule has 0 aliphatic rings. The molecule has 0 heterocycles. The molecule has 8 unspecified atom stereocenters. The Labute approximate surface area is 389 Å². The number of aliphatic carboxylic acids is 2. The van der Waals surface area contributed by atoms with Gasteiger partial charge in [0, 0.05) is 19.4 Å². The fourth-order valence-electron chi connectivity index (χ4n) is 6.49. The van der Waals surface area contributed by atoms with E-state index in [0.29, 0.717) is 37.8 Å². The Hall–Kier alpha value is -6.60. The van der Waals surface area contributed by atoms with Gasteiger partial charge >= 0.3 is 11.9 Å². The molecule has 21 N–H and O–H groups in total. The van der Waals surface area contributed by atoms with Crippen LogP contribution in [0.15, 0.2) is 29.3 Å². The molecule has 1 rings (SSSR count). The van der Waals surface area contributed by atoms with Gasteiger partial charge in [-0.3, -0.25) is 43.3 Å². The molecule has 0 fully saturated rings. The number of carboxylic acid groups (broad SMARTS) is 2. The molecule has 67 heavy (non-hydrogen) atoms. The summed E-state index contributed by atoms with van der Waals surface area (Å²) in [5.41, 5.74) is 34.0. The van der Waals surface area contributed by atoms with Crippen molar-refractivity contribution < 1.29 is 58.5 Å². The van der Waals surface area contributed by atoms with E-state index in [1.165, 1.54) is 24.3 Å². The lowest BCUT2D eigenvalue weighted by atomic mass is 9.98. The van der Waals surface area contributed by atoms with Crippen molar-refractivity contribution in [2.75, 3.05) is 19.6 Å². The van der Waals surface area contributed by atoms with Crippen LogP contribution >= 0.6 is 0 Å². The number of aliphatic imine (C=N–C) groups is 1. The van der Waals surface area contributed by atoms with Crippen molar-refractivity contribution in [2.45, 2.75) is 140 Å². The second-order valence-corrected chi connectivity index (χ2v) is 16.1. The first kappa shape index (κ1) is 58.4. The minimum absolute atomic E-state index is 0.0182. The monoisotopic (exact) mass is 950 g/mol. The average Bonchev–Trinajstić information content (AvgIpc) is 3.26. The smallest absolute Gasteiger partial charge is 0.326 e. The van der Waals surface area contributed by atoms with Crippen LogP contribution in [0.1, 0.15) is 96.5 Å². The third-order valence-electron chi connectivity index (χ3n) is 10.6. The van der Waals surface area contributed by atoms with E-state index in [4.69, 9.17) is 34.4 Å². The van der Waals surface area contributed by atoms with Crippen LogP contribution < -0.4 is 66.3 Å². The summed E-state index contributed by atoms with van der Waals surface area (Å²) >= 11 is 0. The predicted octanol–water partition coefficient (Wildman–Crippen LogP) is -3.65. The average molecular weight is 950 g/mol. The summed E-state index contributed by atoms with van der Waals surface area (Å²) in [6.45, 7) is 3.91. The molecule has 25 nitrogen and oxygen atoms in total. The van der Waals surface area contributed by atoms with Crippen LogP contribution in [0.3, 0.4) is 0 Å². The summed E-state index contributed by atoms with van der Waals surface area (Å²) in [7, 11) is 0. The third-order valence-corrected chi connectivity index (χ3v) is 10.6. The summed E-state index contributed by atoms with van der Waals surface area (Å²) in [6, 6.07) is -4.55. The lowest BCUT2D eigenvalue weighted by molar-refractivity contribution is -0.144. The summed E-state index contributed by atoms with van der Waals surface area (Å²) in [4.78, 5) is 122. The van der Waals surface area contributed by atoms with Crippen molar-refractivity contribution in [3.8, 4) is 5.75 Å². The number of hydrogen-bond donors (Lipinski definition) is 15. The zero-order chi connectivity index (χ0) is 50.6. The fourth-order valence-corrected chi connectivity index (χ4v) is 6.49. The van der Waals surface area contributed by atoms with Gasteiger partial charge < -0.3 is 81.6 Å². The lowest BCUT2D eigenvalue weighted by Gasteiger charge is -2.28. The van der Waals surface area contributed by atoms with E-state index in [0.717, 1.165) is 0 Å². The van der Waals surface area contributed by atoms with Crippen LogP contribution in [0.2, 0.25) is 0 Å². The maximum absolute atomic E-state index is 14.2. The van der Waals surface area contributed by atoms with Gasteiger partial charge in [0.05, 0.1) is 12.5 Å². The highest BCUT2D eigenvalue weighted by atomic mass is 16.4. The Morgan fingerprint density at radius 1 is 0.612 bits per heavy atom. The number of nitrogens with two attached hydrogens (primary N) is 6. The molecule has 0 spiro atoms. The number of benzene rings is 1. The second-order valence-electron chi connectivity index (χ2n) is 16.1. The number of phenolic OH excluding ortho intramolecular Hbond substituents is 1. The number of aromatic hydroxyl groups is 1. The first-order valence-corrected chi connectivity index (χ1v) is 22.2. The van der Waals surface area contributed by atoms with Crippen molar-refractivity contribution in [1.29, 1.82) is 0 Å². The van der Waals surface area contributed by atoms with E-state index in [9.17, 15) is 58.5 Å². The number of nitrogens with zero attached hydrogens (tertiary/aromatic N) is 1. The van der Waals surface area contributed by atoms with Crippen LogP contribution in [0.5, 0.6) is 5.75 Å². The number of primary amides is 1. The highest BCUT2D eigenvalue weighted by molar-refractivity contribution is 5.98. The highest BCUT2D eigenvalue weighted by Crippen LogP contribution is 2.14. The van der Waals surface area contributed by atoms with Gasteiger partial charge in [-0.25, -0.2) is 4.79 Å². The van der Waals surface area contributed by atoms with Gasteiger partial charge in [-0.2, -0.15) is 0 Å². The van der Waals surface area contributed by atoms with E-state index >= 15 is 0 Å². The molecule has 8 atom stereocenters. The molecule has 0 saturated carbocycles. The second kappa shape index (κ2) is 31.3. The maximum Gasteiger partial charge on any atom is 0.326 e. The highest BCUT2D eigenvalue weighted by Gasteiger charge is 2.35. The number of amides is 7. The van der Waals surface area contributed by atoms with Crippen LogP contribution in [0, 0.1) is 5.92 Å². The number of carbonyl (C=O) groups is 9. The van der Waals surface area contributed by atoms with Crippen LogP contribution in [-0.4, -0.2) is 136 Å². The largest absolute Gasteiger partial charge is 0.508 e. The van der Waals surface area contributed by atoms with E-state index in [2.05, 4.69) is 36.9 Å². The van der Waals surface area contributed by atoms with Crippen molar-refractivity contribution in [3.05, 3.63) is 29.8 Å². The minimum Gasteiger partial charge on any atom is -0.508 e. The molecule has 1 aromatic carbocycles. The number of hydrogen-bond acceptors (Lipinski definition) is 14. The molecule has 7 amide bonds. The number of rotatable bonds is 34. The number of guanidine groups is 1. The summed E-state index contributed by atoms with van der Waals surface area (Å²) in [5, 5.41) is 44.0. The quantitative estimate of drug-likeness (QED) is 0.0180. The topological polar surface area (TPSA) is 455 Å². The summed E-state index contributed by atoms with van der Waals surface area (Å²) in [5.74, 6) is -10.2. The SMILES string of the molecule is CCC(C)C(NC(=O)C(CC(=O)O)NC(=O)C(Cc1ccc(O)cc1)NC(=O)C(CCCCN)NC(=O)C(CCC(N)=O)NC(=O)C(CCCN=C(N)N)NC(=O)C(N)CCCCN)C(=O)O. The van der Waals surface area contributed by atoms with Gasteiger partial charge in [0.1, 0.15) is 42.0 Å². The molecule has 1 aromatic rings. The number of nitrogens with one attached hydrogen (secondary N) is 6. The number of carbonyl (C=O) groups excluding carboxylic acids is 7. The molecule has 376 valence electrons. The Morgan fingerprint density at radius 3 is 1.57 bits per heavy atom. The molecule has 0 bridgehead atoms. The van der Waals surface area contributed by atoms with Crippen molar-refractivity contribution >= 4 is 59.2 Å². The van der Waals surface area contributed by atoms with Gasteiger partial charge in [0.15, 0.2) is 5.96 Å². The number of unbranched alkanes of at least 4 members (excludes halogenated alkanes) is 2. The van der Waals surface area contributed by atoms with Gasteiger partial charge in [-0.1, -0.05) is 38.8 Å². The summed E-state index contributed by atoms with van der Waals surface area (Å²) < 4.78 is 0. The first-order chi connectivity index (χ1) is 31.6. The van der Waals surface area contributed by atoms with Crippen molar-refractivity contribution in [1.82, 2.24) is 31.9 Å². The third kappa shape index (κ3) is 23.4. The summed E-state index contributed by atoms with van der Waals surface area (Å²) in [6.07, 6.45) is 0.492. The minimum atomic E-state index is -1.81. The normalized spacial score (nSPS) is 14.5. The van der Waals surface area contributed by atoms with Crippen LogP contribution in [-0.2, 0) is 49.6 Å². The number of carboxylic acids is 2. The van der Waals surface area contributed by atoms with Gasteiger partial charge in [0.2, 0.25) is 41.4 Å². The first-order valence-electron chi connectivity index (χ1n) is 22.2. The molecule has 0 radical (unpaired) electrons. The molecule has 25 heteroatoms. The zero-order valence-corrected chi connectivity index (χ0v) is 38.2. The fraction of sp³-hybridized carbons (Fsp3) is 0.619. The molecule has 0 saturated heterocycles.